The molecule has 2 atom stereocenters. The zero-order valence-corrected chi connectivity index (χ0v) is 17.3. The topological polar surface area (TPSA) is 92.8 Å². The van der Waals surface area contributed by atoms with Gasteiger partial charge in [0.25, 0.3) is 5.91 Å². The number of ether oxygens (including phenoxy) is 1. The van der Waals surface area contributed by atoms with Crippen molar-refractivity contribution in [2.45, 2.75) is 33.1 Å². The molecule has 0 unspecified atom stereocenters. The maximum atomic E-state index is 13.0. The first-order chi connectivity index (χ1) is 13.1. The average molecular weight is 407 g/mol. The number of fused-ring (bicyclic) bond motifs is 3. The van der Waals surface area contributed by atoms with Gasteiger partial charge >= 0.3 is 0 Å². The Kier molecular flexibility index (Phi) is 4.26. The molecule has 0 aromatic heterocycles. The van der Waals surface area contributed by atoms with Crippen molar-refractivity contribution in [1.82, 2.24) is 4.90 Å². The Labute approximate surface area is 165 Å². The SMILES string of the molecule is CN1CCOc2ccc(NS(=O)(=O)C[C@@]34CC[C@@H](CC3=O)C4(C)C)cc2C1=O. The summed E-state index contributed by atoms with van der Waals surface area (Å²) in [4.78, 5) is 26.7. The van der Waals surface area contributed by atoms with Gasteiger partial charge in [-0.25, -0.2) is 8.42 Å². The number of rotatable bonds is 4. The van der Waals surface area contributed by atoms with E-state index in [1.165, 1.54) is 6.07 Å². The lowest BCUT2D eigenvalue weighted by molar-refractivity contribution is -0.128. The van der Waals surface area contributed by atoms with Gasteiger partial charge in [-0.1, -0.05) is 13.8 Å². The molecule has 0 spiro atoms. The number of carbonyl (C=O) groups excluding carboxylic acids is 2. The summed E-state index contributed by atoms with van der Waals surface area (Å²) in [5, 5.41) is 0. The van der Waals surface area contributed by atoms with Crippen LogP contribution in [-0.2, 0) is 14.8 Å². The molecule has 0 saturated heterocycles. The van der Waals surface area contributed by atoms with Crippen LogP contribution in [0.2, 0.25) is 0 Å². The zero-order chi connectivity index (χ0) is 20.3. The summed E-state index contributed by atoms with van der Waals surface area (Å²) >= 11 is 0. The minimum absolute atomic E-state index is 0.0613. The molecule has 7 nitrogen and oxygen atoms in total. The molecule has 2 bridgehead atoms. The van der Waals surface area contributed by atoms with Gasteiger partial charge in [0.1, 0.15) is 18.1 Å². The second-order valence-corrected chi connectivity index (χ2v) is 10.5. The number of likely N-dealkylation sites (N-methyl/N-ethyl adjacent to an activating group) is 1. The van der Waals surface area contributed by atoms with Crippen LogP contribution < -0.4 is 9.46 Å². The lowest BCUT2D eigenvalue weighted by atomic mass is 9.70. The molecule has 8 heteroatoms. The van der Waals surface area contributed by atoms with Crippen molar-refractivity contribution in [3.8, 4) is 5.75 Å². The Balaban J connectivity index is 1.60. The predicted octanol–water partition coefficient (Wildman–Crippen LogP) is 2.29. The van der Waals surface area contributed by atoms with Gasteiger partial charge in [-0.2, -0.15) is 0 Å². The Morgan fingerprint density at radius 1 is 1.29 bits per heavy atom. The van der Waals surface area contributed by atoms with E-state index in [-0.39, 0.29) is 28.8 Å². The van der Waals surface area contributed by atoms with Crippen molar-refractivity contribution >= 4 is 27.4 Å². The first kappa shape index (κ1) is 19.2. The average Bonchev–Trinajstić information content (AvgIpc) is 2.87. The van der Waals surface area contributed by atoms with Crippen LogP contribution in [0.1, 0.15) is 43.5 Å². The van der Waals surface area contributed by atoms with E-state index in [0.29, 0.717) is 43.0 Å². The van der Waals surface area contributed by atoms with E-state index >= 15 is 0 Å². The van der Waals surface area contributed by atoms with Gasteiger partial charge in [0, 0.05) is 19.2 Å². The van der Waals surface area contributed by atoms with E-state index in [1.54, 1.807) is 24.1 Å². The lowest BCUT2D eigenvalue weighted by Crippen LogP contribution is -2.43. The van der Waals surface area contributed by atoms with Crippen molar-refractivity contribution in [2.75, 3.05) is 30.7 Å². The molecule has 2 aliphatic carbocycles. The number of carbonyl (C=O) groups is 2. The standard InChI is InChI=1S/C20H26N2O5S/c1-19(2)13-6-7-20(19,17(23)10-13)12-28(25,26)21-14-4-5-16-15(11-14)18(24)22(3)8-9-27-16/h4-5,11,13,21H,6-10,12H2,1-3H3/t13-,20-/m0/s1. The quantitative estimate of drug-likeness (QED) is 0.828. The van der Waals surface area contributed by atoms with Crippen LogP contribution >= 0.6 is 0 Å². The minimum atomic E-state index is -3.77. The third-order valence-corrected chi connectivity index (χ3v) is 8.51. The predicted molar refractivity (Wildman–Crippen MR) is 105 cm³/mol. The fraction of sp³-hybridized carbons (Fsp3) is 0.600. The Morgan fingerprint density at radius 3 is 2.68 bits per heavy atom. The number of amides is 1. The summed E-state index contributed by atoms with van der Waals surface area (Å²) in [6.45, 7) is 4.88. The number of hydrogen-bond donors (Lipinski definition) is 1. The number of Topliss-reactive ketones (excluding diaryl/α,β-unsaturated/α-hetero) is 1. The normalized spacial score (nSPS) is 28.7. The molecule has 1 amide bonds. The van der Waals surface area contributed by atoms with Crippen LogP contribution in [-0.4, -0.2) is 51.0 Å². The van der Waals surface area contributed by atoms with Crippen LogP contribution in [0.25, 0.3) is 0 Å². The van der Waals surface area contributed by atoms with Gasteiger partial charge in [-0.15, -0.1) is 0 Å². The van der Waals surface area contributed by atoms with Gasteiger partial charge in [0.2, 0.25) is 10.0 Å². The monoisotopic (exact) mass is 406 g/mol. The van der Waals surface area contributed by atoms with E-state index in [4.69, 9.17) is 4.74 Å². The zero-order valence-electron chi connectivity index (χ0n) is 16.4. The first-order valence-electron chi connectivity index (χ1n) is 9.62. The van der Waals surface area contributed by atoms with E-state index in [9.17, 15) is 18.0 Å². The number of sulfonamides is 1. The largest absolute Gasteiger partial charge is 0.491 e. The van der Waals surface area contributed by atoms with Crippen LogP contribution in [0.4, 0.5) is 5.69 Å². The molecular weight excluding hydrogens is 380 g/mol. The minimum Gasteiger partial charge on any atom is -0.491 e. The number of ketones is 1. The first-order valence-corrected chi connectivity index (χ1v) is 11.3. The summed E-state index contributed by atoms with van der Waals surface area (Å²) in [6.07, 6.45) is 1.98. The van der Waals surface area contributed by atoms with Gasteiger partial charge < -0.3 is 9.64 Å². The molecule has 1 aliphatic heterocycles. The summed E-state index contributed by atoms with van der Waals surface area (Å²) in [5.74, 6) is 0.336. The molecule has 152 valence electrons. The lowest BCUT2D eigenvalue weighted by Gasteiger charge is -2.36. The third-order valence-electron chi connectivity index (χ3n) is 7.09. The molecule has 2 saturated carbocycles. The molecule has 3 aliphatic rings. The van der Waals surface area contributed by atoms with Crippen molar-refractivity contribution in [3.63, 3.8) is 0 Å². The molecule has 0 radical (unpaired) electrons. The fourth-order valence-corrected chi connectivity index (χ4v) is 7.02. The summed E-state index contributed by atoms with van der Waals surface area (Å²) < 4.78 is 34.1. The number of benzene rings is 1. The fourth-order valence-electron chi connectivity index (χ4n) is 5.13. The Bertz CT molecular complexity index is 955. The van der Waals surface area contributed by atoms with E-state index in [2.05, 4.69) is 4.72 Å². The smallest absolute Gasteiger partial charge is 0.257 e. The van der Waals surface area contributed by atoms with Crippen LogP contribution in [0.3, 0.4) is 0 Å². The van der Waals surface area contributed by atoms with Crippen molar-refractivity contribution in [2.24, 2.45) is 16.7 Å². The second kappa shape index (κ2) is 6.20. The highest BCUT2D eigenvalue weighted by Gasteiger charge is 2.65. The number of nitrogens with zero attached hydrogens (tertiary/aromatic N) is 1. The molecule has 28 heavy (non-hydrogen) atoms. The summed E-state index contributed by atoms with van der Waals surface area (Å²) in [5.41, 5.74) is -0.509. The maximum Gasteiger partial charge on any atom is 0.257 e. The highest BCUT2D eigenvalue weighted by molar-refractivity contribution is 7.92. The Hall–Kier alpha value is -2.09. The van der Waals surface area contributed by atoms with Crippen LogP contribution in [0, 0.1) is 16.7 Å². The molecule has 1 heterocycles. The van der Waals surface area contributed by atoms with Crippen LogP contribution in [0.5, 0.6) is 5.75 Å². The van der Waals surface area contributed by atoms with Crippen molar-refractivity contribution in [3.05, 3.63) is 23.8 Å². The summed E-state index contributed by atoms with van der Waals surface area (Å²) in [6, 6.07) is 4.71. The molecule has 4 rings (SSSR count). The van der Waals surface area contributed by atoms with E-state index < -0.39 is 15.4 Å². The Morgan fingerprint density at radius 2 is 2.04 bits per heavy atom. The van der Waals surface area contributed by atoms with Gasteiger partial charge in [0.15, 0.2) is 0 Å². The van der Waals surface area contributed by atoms with Crippen molar-refractivity contribution in [1.29, 1.82) is 0 Å². The molecule has 1 aromatic carbocycles. The van der Waals surface area contributed by atoms with Crippen LogP contribution in [0.15, 0.2) is 18.2 Å². The van der Waals surface area contributed by atoms with Gasteiger partial charge in [-0.3, -0.25) is 14.3 Å². The third kappa shape index (κ3) is 2.80. The van der Waals surface area contributed by atoms with E-state index in [1.807, 2.05) is 13.8 Å². The number of nitrogens with one attached hydrogen (secondary N) is 1. The maximum absolute atomic E-state index is 13.0. The van der Waals surface area contributed by atoms with Gasteiger partial charge in [-0.05, 0) is 42.4 Å². The molecule has 2 fully saturated rings. The second-order valence-electron chi connectivity index (χ2n) is 8.81. The number of anilines is 1. The molecular formula is C20H26N2O5S. The van der Waals surface area contributed by atoms with Crippen molar-refractivity contribution < 1.29 is 22.7 Å². The highest BCUT2D eigenvalue weighted by Crippen LogP contribution is 2.64. The highest BCUT2D eigenvalue weighted by atomic mass is 32.2. The molecule has 1 N–H and O–H groups in total. The van der Waals surface area contributed by atoms with Gasteiger partial charge in [0.05, 0.1) is 23.3 Å². The summed E-state index contributed by atoms with van der Waals surface area (Å²) in [7, 11) is -2.09. The number of hydrogen-bond acceptors (Lipinski definition) is 5. The molecule has 1 aromatic rings. The van der Waals surface area contributed by atoms with E-state index in [0.717, 1.165) is 6.42 Å².